The van der Waals surface area contributed by atoms with Gasteiger partial charge in [0.05, 0.1) is 12.7 Å². The number of aliphatic hydroxyl groups excluding tert-OH is 2. The summed E-state index contributed by atoms with van der Waals surface area (Å²) >= 11 is 0. The van der Waals surface area contributed by atoms with E-state index in [1.165, 1.54) is 0 Å². The predicted molar refractivity (Wildman–Crippen MR) is 54.3 cm³/mol. The topological polar surface area (TPSA) is 49.7 Å². The van der Waals surface area contributed by atoms with Crippen LogP contribution in [0.2, 0.25) is 0 Å². The molecule has 2 N–H and O–H groups in total. The fourth-order valence-electron chi connectivity index (χ4n) is 1.26. The molecule has 0 fully saturated rings. The number of rotatable bonds is 5. The summed E-state index contributed by atoms with van der Waals surface area (Å²) in [6, 6.07) is 7.34. The summed E-state index contributed by atoms with van der Waals surface area (Å²) in [4.78, 5) is 0. The van der Waals surface area contributed by atoms with Crippen molar-refractivity contribution in [3.63, 3.8) is 0 Å². The van der Waals surface area contributed by atoms with Gasteiger partial charge in [-0.25, -0.2) is 0 Å². The van der Waals surface area contributed by atoms with Gasteiger partial charge in [-0.05, 0) is 12.5 Å². The van der Waals surface area contributed by atoms with E-state index in [1.54, 1.807) is 6.07 Å². The summed E-state index contributed by atoms with van der Waals surface area (Å²) in [7, 11) is 0. The van der Waals surface area contributed by atoms with E-state index in [0.717, 1.165) is 5.56 Å². The molecule has 14 heavy (non-hydrogen) atoms. The molecule has 0 unspecified atom stereocenters. The van der Waals surface area contributed by atoms with Gasteiger partial charge in [-0.1, -0.05) is 25.1 Å². The van der Waals surface area contributed by atoms with Crippen molar-refractivity contribution in [2.24, 2.45) is 0 Å². The molecule has 1 rings (SSSR count). The molecule has 0 aliphatic rings. The number of benzene rings is 1. The minimum absolute atomic E-state index is 0.0173. The molecule has 0 saturated carbocycles. The monoisotopic (exact) mass is 196 g/mol. The second-order valence-electron chi connectivity index (χ2n) is 3.03. The molecule has 1 atom stereocenters. The van der Waals surface area contributed by atoms with Crippen LogP contribution in [0.15, 0.2) is 24.3 Å². The Hall–Kier alpha value is -1.06. The first-order chi connectivity index (χ1) is 6.79. The Bertz CT molecular complexity index is 273. The minimum Gasteiger partial charge on any atom is -0.491 e. The largest absolute Gasteiger partial charge is 0.491 e. The number of hydrogen-bond donors (Lipinski definition) is 2. The fraction of sp³-hybridized carbons (Fsp3) is 0.455. The van der Waals surface area contributed by atoms with E-state index in [-0.39, 0.29) is 13.2 Å². The van der Waals surface area contributed by atoms with Crippen molar-refractivity contribution in [2.45, 2.75) is 19.4 Å². The summed E-state index contributed by atoms with van der Waals surface area (Å²) < 4.78 is 5.30. The van der Waals surface area contributed by atoms with Crippen LogP contribution in [0.3, 0.4) is 0 Å². The molecule has 0 spiro atoms. The van der Waals surface area contributed by atoms with Crippen molar-refractivity contribution < 1.29 is 14.9 Å². The van der Waals surface area contributed by atoms with Crippen molar-refractivity contribution in [1.82, 2.24) is 0 Å². The summed E-state index contributed by atoms with van der Waals surface area (Å²) in [5, 5.41) is 18.3. The lowest BCUT2D eigenvalue weighted by atomic mass is 10.1. The van der Waals surface area contributed by atoms with Crippen molar-refractivity contribution >= 4 is 0 Å². The Labute approximate surface area is 84.0 Å². The highest BCUT2D eigenvalue weighted by molar-refractivity contribution is 5.34. The summed E-state index contributed by atoms with van der Waals surface area (Å²) in [6.45, 7) is 2.15. The third-order valence-corrected chi connectivity index (χ3v) is 2.01. The third kappa shape index (κ3) is 2.72. The summed E-state index contributed by atoms with van der Waals surface area (Å²) in [6.07, 6.45) is 0.157. The molecule has 0 saturated heterocycles. The molecule has 0 amide bonds. The molecule has 1 aromatic rings. The van der Waals surface area contributed by atoms with Crippen LogP contribution in [0.25, 0.3) is 0 Å². The van der Waals surface area contributed by atoms with E-state index in [1.807, 2.05) is 25.1 Å². The van der Waals surface area contributed by atoms with E-state index >= 15 is 0 Å². The Balaban J connectivity index is 2.79. The quantitative estimate of drug-likeness (QED) is 0.750. The van der Waals surface area contributed by atoms with Crippen LogP contribution < -0.4 is 4.74 Å². The third-order valence-electron chi connectivity index (χ3n) is 2.01. The lowest BCUT2D eigenvalue weighted by molar-refractivity contribution is 0.160. The van der Waals surface area contributed by atoms with Crippen LogP contribution in [0.4, 0.5) is 0 Å². The normalized spacial score (nSPS) is 12.5. The number of ether oxygens (including phenoxy) is 1. The molecular weight excluding hydrogens is 180 g/mol. The molecule has 0 aromatic heterocycles. The van der Waals surface area contributed by atoms with Gasteiger partial charge in [0.1, 0.15) is 12.4 Å². The smallest absolute Gasteiger partial charge is 0.125 e. The molecule has 0 heterocycles. The highest BCUT2D eigenvalue weighted by atomic mass is 16.5. The van der Waals surface area contributed by atoms with Gasteiger partial charge < -0.3 is 14.9 Å². The molecule has 0 aliphatic carbocycles. The summed E-state index contributed by atoms with van der Waals surface area (Å²) in [5.74, 6) is 0.649. The maximum atomic E-state index is 9.67. The maximum Gasteiger partial charge on any atom is 0.125 e. The minimum atomic E-state index is -0.495. The number of para-hydroxylation sites is 1. The van der Waals surface area contributed by atoms with Crippen LogP contribution in [-0.2, 0) is 0 Å². The summed E-state index contributed by atoms with van der Waals surface area (Å²) in [5.41, 5.74) is 0.781. The molecule has 3 heteroatoms. The van der Waals surface area contributed by atoms with E-state index in [4.69, 9.17) is 9.84 Å². The average Bonchev–Trinajstić information content (AvgIpc) is 2.25. The fourth-order valence-corrected chi connectivity index (χ4v) is 1.26. The van der Waals surface area contributed by atoms with Crippen LogP contribution in [0.5, 0.6) is 5.75 Å². The highest BCUT2D eigenvalue weighted by Crippen LogP contribution is 2.26. The number of hydrogen-bond acceptors (Lipinski definition) is 3. The van der Waals surface area contributed by atoms with Crippen molar-refractivity contribution in [3.05, 3.63) is 29.8 Å². The van der Waals surface area contributed by atoms with Gasteiger partial charge in [0.2, 0.25) is 0 Å². The van der Waals surface area contributed by atoms with Crippen molar-refractivity contribution in [3.8, 4) is 5.75 Å². The van der Waals surface area contributed by atoms with E-state index in [9.17, 15) is 5.11 Å². The average molecular weight is 196 g/mol. The van der Waals surface area contributed by atoms with Crippen LogP contribution in [0, 0.1) is 0 Å². The zero-order valence-corrected chi connectivity index (χ0v) is 8.31. The molecular formula is C11H16O3. The maximum absolute atomic E-state index is 9.67. The van der Waals surface area contributed by atoms with Crippen LogP contribution in [-0.4, -0.2) is 23.4 Å². The Morgan fingerprint density at radius 3 is 2.71 bits per heavy atom. The second kappa shape index (κ2) is 5.62. The van der Waals surface area contributed by atoms with Crippen molar-refractivity contribution in [1.29, 1.82) is 0 Å². The molecule has 3 nitrogen and oxygen atoms in total. The van der Waals surface area contributed by atoms with Gasteiger partial charge in [0.25, 0.3) is 0 Å². The second-order valence-corrected chi connectivity index (χ2v) is 3.03. The molecule has 0 bridgehead atoms. The number of aliphatic hydroxyl groups is 2. The molecule has 1 aromatic carbocycles. The molecule has 0 aliphatic heterocycles. The van der Waals surface area contributed by atoms with Gasteiger partial charge in [-0.2, -0.15) is 0 Å². The Morgan fingerprint density at radius 1 is 1.36 bits per heavy atom. The zero-order chi connectivity index (χ0) is 10.4. The highest BCUT2D eigenvalue weighted by Gasteiger charge is 2.10. The Morgan fingerprint density at radius 2 is 2.07 bits per heavy atom. The predicted octanol–water partition coefficient (Wildman–Crippen LogP) is 1.50. The lowest BCUT2D eigenvalue weighted by Gasteiger charge is -2.14. The first kappa shape index (κ1) is 11.0. The van der Waals surface area contributed by atoms with Gasteiger partial charge in [0.15, 0.2) is 0 Å². The van der Waals surface area contributed by atoms with E-state index in [2.05, 4.69) is 0 Å². The molecule has 0 radical (unpaired) electrons. The lowest BCUT2D eigenvalue weighted by Crippen LogP contribution is -2.05. The first-order valence-electron chi connectivity index (χ1n) is 4.80. The SMILES string of the molecule is CC[C@@H](O)c1ccccc1OCCO. The van der Waals surface area contributed by atoms with Gasteiger partial charge in [-0.3, -0.25) is 0 Å². The van der Waals surface area contributed by atoms with Gasteiger partial charge in [-0.15, -0.1) is 0 Å². The van der Waals surface area contributed by atoms with Crippen molar-refractivity contribution in [2.75, 3.05) is 13.2 Å². The Kier molecular flexibility index (Phi) is 4.43. The standard InChI is InChI=1S/C11H16O3/c1-2-10(13)9-5-3-4-6-11(9)14-8-7-12/h3-6,10,12-13H,2,7-8H2,1H3/t10-/m1/s1. The van der Waals surface area contributed by atoms with Crippen LogP contribution >= 0.6 is 0 Å². The first-order valence-corrected chi connectivity index (χ1v) is 4.80. The van der Waals surface area contributed by atoms with E-state index < -0.39 is 6.10 Å². The molecule has 78 valence electrons. The van der Waals surface area contributed by atoms with Gasteiger partial charge in [0, 0.05) is 5.56 Å². The van der Waals surface area contributed by atoms with Crippen LogP contribution in [0.1, 0.15) is 25.0 Å². The van der Waals surface area contributed by atoms with E-state index in [0.29, 0.717) is 12.2 Å². The van der Waals surface area contributed by atoms with Gasteiger partial charge >= 0.3 is 0 Å². The zero-order valence-electron chi connectivity index (χ0n) is 8.31.